The topological polar surface area (TPSA) is 41.1 Å². The largest absolute Gasteiger partial charge is 1.00 e. The molecular weight excluding hydrogens is 334 g/mol. The lowest BCUT2D eigenvalue weighted by atomic mass is 10.2. The SMILES string of the molecule is CC[N+](CC)(CC)CC(=O)Nc1ccccc1Nc1ccccc1.[Cl-]. The van der Waals surface area contributed by atoms with Crippen LogP contribution in [0.2, 0.25) is 0 Å². The van der Waals surface area contributed by atoms with Crippen molar-refractivity contribution in [1.82, 2.24) is 0 Å². The van der Waals surface area contributed by atoms with Crippen molar-refractivity contribution in [3.8, 4) is 0 Å². The lowest BCUT2D eigenvalue weighted by Crippen LogP contribution is -3.00. The maximum Gasteiger partial charge on any atom is 0.279 e. The lowest BCUT2D eigenvalue weighted by Gasteiger charge is -2.35. The molecule has 0 spiro atoms. The van der Waals surface area contributed by atoms with E-state index < -0.39 is 0 Å². The molecule has 2 rings (SSSR count). The Hall–Kier alpha value is -2.04. The fourth-order valence-corrected chi connectivity index (χ4v) is 2.88. The van der Waals surface area contributed by atoms with Gasteiger partial charge in [0.1, 0.15) is 0 Å². The van der Waals surface area contributed by atoms with Gasteiger partial charge in [0.25, 0.3) is 5.91 Å². The fourth-order valence-electron chi connectivity index (χ4n) is 2.88. The smallest absolute Gasteiger partial charge is 0.279 e. The highest BCUT2D eigenvalue weighted by molar-refractivity contribution is 5.95. The fraction of sp³-hybridized carbons (Fsp3) is 0.350. The molecule has 0 atom stereocenters. The summed E-state index contributed by atoms with van der Waals surface area (Å²) in [5.41, 5.74) is 2.72. The number of halogens is 1. The van der Waals surface area contributed by atoms with Crippen molar-refractivity contribution >= 4 is 23.0 Å². The van der Waals surface area contributed by atoms with E-state index in [4.69, 9.17) is 0 Å². The van der Waals surface area contributed by atoms with Crippen molar-refractivity contribution in [2.24, 2.45) is 0 Å². The second-order valence-corrected chi connectivity index (χ2v) is 6.03. The third-order valence-corrected chi connectivity index (χ3v) is 4.75. The summed E-state index contributed by atoms with van der Waals surface area (Å²) in [6.07, 6.45) is 0. The number of carbonyl (C=O) groups is 1. The Morgan fingerprint density at radius 1 is 0.840 bits per heavy atom. The Labute approximate surface area is 157 Å². The zero-order chi connectivity index (χ0) is 17.4. The molecule has 4 nitrogen and oxygen atoms in total. The molecule has 0 aromatic heterocycles. The van der Waals surface area contributed by atoms with Gasteiger partial charge < -0.3 is 27.5 Å². The molecule has 2 N–H and O–H groups in total. The first kappa shape index (κ1) is 21.0. The van der Waals surface area contributed by atoms with Crippen LogP contribution in [0.15, 0.2) is 54.6 Å². The molecule has 0 aliphatic carbocycles. The van der Waals surface area contributed by atoms with Gasteiger partial charge in [0.2, 0.25) is 0 Å². The van der Waals surface area contributed by atoms with E-state index in [9.17, 15) is 4.79 Å². The average Bonchev–Trinajstić information content (AvgIpc) is 2.62. The van der Waals surface area contributed by atoms with Crippen LogP contribution < -0.4 is 23.0 Å². The second kappa shape index (κ2) is 10.1. The Bertz CT molecular complexity index is 649. The lowest BCUT2D eigenvalue weighted by molar-refractivity contribution is -0.915. The van der Waals surface area contributed by atoms with E-state index in [1.165, 1.54) is 0 Å². The van der Waals surface area contributed by atoms with Crippen LogP contribution in [0.25, 0.3) is 0 Å². The van der Waals surface area contributed by atoms with Gasteiger partial charge in [0.15, 0.2) is 6.54 Å². The molecule has 2 aromatic rings. The first-order valence-corrected chi connectivity index (χ1v) is 8.68. The number of anilines is 3. The summed E-state index contributed by atoms with van der Waals surface area (Å²) in [5, 5.41) is 6.43. The highest BCUT2D eigenvalue weighted by Gasteiger charge is 2.25. The van der Waals surface area contributed by atoms with Crippen molar-refractivity contribution in [1.29, 1.82) is 0 Å². The number of hydrogen-bond acceptors (Lipinski definition) is 2. The van der Waals surface area contributed by atoms with Crippen LogP contribution in [0.3, 0.4) is 0 Å². The van der Waals surface area contributed by atoms with Crippen LogP contribution >= 0.6 is 0 Å². The van der Waals surface area contributed by atoms with Gasteiger partial charge in [-0.1, -0.05) is 30.3 Å². The van der Waals surface area contributed by atoms with Gasteiger partial charge in [0.05, 0.1) is 31.0 Å². The number of benzene rings is 2. The Kier molecular flexibility index (Phi) is 8.46. The molecule has 0 saturated heterocycles. The standard InChI is InChI=1S/C20H27N3O.ClH/c1-4-23(5-2,6-3)16-20(24)22-19-15-11-10-14-18(19)21-17-12-8-7-9-13-17;/h7-15,21H,4-6,16H2,1-3H3;1H. The third kappa shape index (κ3) is 5.76. The van der Waals surface area contributed by atoms with Crippen LogP contribution in [-0.2, 0) is 4.79 Å². The third-order valence-electron chi connectivity index (χ3n) is 4.75. The predicted octanol–water partition coefficient (Wildman–Crippen LogP) is 1.25. The molecule has 0 radical (unpaired) electrons. The molecule has 0 unspecified atom stereocenters. The quantitative estimate of drug-likeness (QED) is 0.695. The Balaban J connectivity index is 0.00000312. The van der Waals surface area contributed by atoms with Crippen LogP contribution in [0.5, 0.6) is 0 Å². The minimum absolute atomic E-state index is 0. The van der Waals surface area contributed by atoms with Crippen molar-refractivity contribution in [3.63, 3.8) is 0 Å². The normalized spacial score (nSPS) is 10.7. The van der Waals surface area contributed by atoms with Gasteiger partial charge in [-0.05, 0) is 45.0 Å². The number of likely N-dealkylation sites (N-methyl/N-ethyl adjacent to an activating group) is 1. The predicted molar refractivity (Wildman–Crippen MR) is 102 cm³/mol. The molecule has 0 heterocycles. The Morgan fingerprint density at radius 2 is 1.36 bits per heavy atom. The van der Waals surface area contributed by atoms with Crippen LogP contribution in [0.1, 0.15) is 20.8 Å². The number of rotatable bonds is 8. The second-order valence-electron chi connectivity index (χ2n) is 6.03. The molecule has 0 aliphatic rings. The van der Waals surface area contributed by atoms with Crippen LogP contribution in [0, 0.1) is 0 Å². The van der Waals surface area contributed by atoms with E-state index in [0.29, 0.717) is 6.54 Å². The highest BCUT2D eigenvalue weighted by Crippen LogP contribution is 2.25. The van der Waals surface area contributed by atoms with E-state index in [1.54, 1.807) is 0 Å². The first-order valence-electron chi connectivity index (χ1n) is 8.68. The number of para-hydroxylation sites is 3. The van der Waals surface area contributed by atoms with E-state index in [0.717, 1.165) is 41.2 Å². The van der Waals surface area contributed by atoms with Gasteiger partial charge >= 0.3 is 0 Å². The molecule has 0 bridgehead atoms. The van der Waals surface area contributed by atoms with Crippen molar-refractivity contribution in [2.45, 2.75) is 20.8 Å². The van der Waals surface area contributed by atoms with Crippen LogP contribution in [0.4, 0.5) is 17.1 Å². The zero-order valence-corrected chi connectivity index (χ0v) is 16.0. The zero-order valence-electron chi connectivity index (χ0n) is 15.3. The van der Waals surface area contributed by atoms with Crippen molar-refractivity contribution in [3.05, 3.63) is 54.6 Å². The molecular formula is C20H28ClN3O. The van der Waals surface area contributed by atoms with E-state index in [2.05, 4.69) is 31.4 Å². The minimum atomic E-state index is 0. The van der Waals surface area contributed by atoms with E-state index in [1.807, 2.05) is 54.6 Å². The summed E-state index contributed by atoms with van der Waals surface area (Å²) in [6, 6.07) is 17.8. The number of hydrogen-bond donors (Lipinski definition) is 2. The summed E-state index contributed by atoms with van der Waals surface area (Å²) in [6.45, 7) is 9.82. The summed E-state index contributed by atoms with van der Waals surface area (Å²) in [5.74, 6) is 0.0582. The van der Waals surface area contributed by atoms with Gasteiger partial charge in [-0.25, -0.2) is 0 Å². The van der Waals surface area contributed by atoms with Gasteiger partial charge in [-0.15, -0.1) is 0 Å². The number of nitrogens with one attached hydrogen (secondary N) is 2. The number of quaternary nitrogens is 1. The maximum atomic E-state index is 12.6. The molecule has 0 saturated carbocycles. The van der Waals surface area contributed by atoms with Gasteiger partial charge in [0, 0.05) is 5.69 Å². The summed E-state index contributed by atoms with van der Waals surface area (Å²) < 4.78 is 0.806. The molecule has 25 heavy (non-hydrogen) atoms. The number of carbonyl (C=O) groups excluding carboxylic acids is 1. The van der Waals surface area contributed by atoms with Gasteiger partial charge in [-0.3, -0.25) is 4.79 Å². The minimum Gasteiger partial charge on any atom is -1.00 e. The van der Waals surface area contributed by atoms with E-state index >= 15 is 0 Å². The number of nitrogens with zero attached hydrogens (tertiary/aromatic N) is 1. The highest BCUT2D eigenvalue weighted by atomic mass is 35.5. The summed E-state index contributed by atoms with van der Waals surface area (Å²) in [4.78, 5) is 12.6. The summed E-state index contributed by atoms with van der Waals surface area (Å²) >= 11 is 0. The number of amides is 1. The summed E-state index contributed by atoms with van der Waals surface area (Å²) in [7, 11) is 0. The Morgan fingerprint density at radius 3 is 1.92 bits per heavy atom. The van der Waals surface area contributed by atoms with Crippen molar-refractivity contribution < 1.29 is 21.7 Å². The molecule has 136 valence electrons. The molecule has 5 heteroatoms. The average molecular weight is 362 g/mol. The maximum absolute atomic E-state index is 12.6. The van der Waals surface area contributed by atoms with E-state index in [-0.39, 0.29) is 18.3 Å². The molecule has 2 aromatic carbocycles. The molecule has 0 aliphatic heterocycles. The first-order chi connectivity index (χ1) is 11.6. The van der Waals surface area contributed by atoms with Gasteiger partial charge in [-0.2, -0.15) is 0 Å². The molecule has 1 amide bonds. The monoisotopic (exact) mass is 361 g/mol. The van der Waals surface area contributed by atoms with Crippen molar-refractivity contribution in [2.75, 3.05) is 36.8 Å². The van der Waals surface area contributed by atoms with Crippen LogP contribution in [-0.4, -0.2) is 36.6 Å². The molecule has 0 fully saturated rings.